The fourth-order valence-corrected chi connectivity index (χ4v) is 6.17. The van der Waals surface area contributed by atoms with Gasteiger partial charge in [0.25, 0.3) is 0 Å². The average Bonchev–Trinajstić information content (AvgIpc) is 2.53. The van der Waals surface area contributed by atoms with Crippen molar-refractivity contribution in [2.75, 3.05) is 0 Å². The molecule has 2 rings (SSSR count). The molecule has 0 N–H and O–H groups in total. The van der Waals surface area contributed by atoms with Gasteiger partial charge in [-0.05, 0) is 11.1 Å². The highest BCUT2D eigenvalue weighted by Crippen LogP contribution is 2.31. The van der Waals surface area contributed by atoms with Crippen molar-refractivity contribution < 1.29 is 4.79 Å². The van der Waals surface area contributed by atoms with E-state index in [1.165, 1.54) is 10.8 Å². The predicted octanol–water partition coefficient (Wildman–Crippen LogP) is 4.54. The summed E-state index contributed by atoms with van der Waals surface area (Å²) in [6.45, 7) is 8.77. The Morgan fingerprint density at radius 1 is 0.909 bits per heavy atom. The van der Waals surface area contributed by atoms with Crippen LogP contribution in [0.2, 0.25) is 13.1 Å². The van der Waals surface area contributed by atoms with Gasteiger partial charge in [-0.1, -0.05) is 92.8 Å². The Balaban J connectivity index is 2.42. The van der Waals surface area contributed by atoms with E-state index in [0.717, 1.165) is 0 Å². The van der Waals surface area contributed by atoms with Gasteiger partial charge in [0.05, 0.1) is 8.07 Å². The van der Waals surface area contributed by atoms with Gasteiger partial charge in [0.1, 0.15) is 5.78 Å². The van der Waals surface area contributed by atoms with Crippen molar-refractivity contribution in [2.24, 2.45) is 5.92 Å². The monoisotopic (exact) mass is 310 g/mol. The van der Waals surface area contributed by atoms with E-state index >= 15 is 0 Å². The molecule has 0 spiro atoms. The van der Waals surface area contributed by atoms with Gasteiger partial charge in [0.15, 0.2) is 0 Å². The summed E-state index contributed by atoms with van der Waals surface area (Å²) in [6.07, 6.45) is 0.649. The second kappa shape index (κ2) is 7.06. The minimum Gasteiger partial charge on any atom is -0.299 e. The molecule has 0 aliphatic rings. The second-order valence-corrected chi connectivity index (χ2v) is 11.6. The van der Waals surface area contributed by atoms with Crippen LogP contribution in [0.15, 0.2) is 60.7 Å². The molecule has 2 aromatic carbocycles. The number of benzene rings is 2. The van der Waals surface area contributed by atoms with Crippen molar-refractivity contribution in [3.05, 3.63) is 66.2 Å². The lowest BCUT2D eigenvalue weighted by Crippen LogP contribution is -2.48. The van der Waals surface area contributed by atoms with E-state index in [9.17, 15) is 4.79 Å². The van der Waals surface area contributed by atoms with Gasteiger partial charge >= 0.3 is 0 Å². The maximum Gasteiger partial charge on any atom is 0.135 e. The molecule has 1 nitrogen and oxygen atoms in total. The first kappa shape index (κ1) is 16.7. The Morgan fingerprint density at radius 3 is 1.91 bits per heavy atom. The van der Waals surface area contributed by atoms with Crippen LogP contribution in [-0.4, -0.2) is 13.9 Å². The van der Waals surface area contributed by atoms with Crippen molar-refractivity contribution >= 4 is 19.0 Å². The molecule has 0 saturated carbocycles. The molecule has 22 heavy (non-hydrogen) atoms. The Morgan fingerprint density at radius 2 is 1.41 bits per heavy atom. The van der Waals surface area contributed by atoms with E-state index in [4.69, 9.17) is 0 Å². The van der Waals surface area contributed by atoms with Gasteiger partial charge in [-0.25, -0.2) is 0 Å². The van der Waals surface area contributed by atoms with Crippen LogP contribution < -0.4 is 5.19 Å². The molecule has 2 heteroatoms. The Labute approximate surface area is 135 Å². The molecule has 0 aliphatic carbocycles. The van der Waals surface area contributed by atoms with Crippen LogP contribution in [0.3, 0.4) is 0 Å². The number of Topliss-reactive ketones (excluding diaryl/α,β-unsaturated/α-hetero) is 1. The van der Waals surface area contributed by atoms with Gasteiger partial charge in [-0.2, -0.15) is 0 Å². The Hall–Kier alpha value is -1.67. The molecule has 116 valence electrons. The Kier molecular flexibility index (Phi) is 5.36. The predicted molar refractivity (Wildman–Crippen MR) is 97.2 cm³/mol. The molecule has 0 fully saturated rings. The van der Waals surface area contributed by atoms with Crippen molar-refractivity contribution in [1.82, 2.24) is 0 Å². The van der Waals surface area contributed by atoms with Crippen molar-refractivity contribution in [3.63, 3.8) is 0 Å². The highest BCUT2D eigenvalue weighted by atomic mass is 28.3. The molecular formula is C20H26OSi. The van der Waals surface area contributed by atoms with Crippen LogP contribution in [-0.2, 0) is 4.79 Å². The fourth-order valence-electron chi connectivity index (χ4n) is 2.98. The van der Waals surface area contributed by atoms with Crippen molar-refractivity contribution in [1.29, 1.82) is 0 Å². The van der Waals surface area contributed by atoms with Crippen LogP contribution in [0, 0.1) is 5.92 Å². The number of carbonyl (C=O) groups is 1. The normalized spacial score (nSPS) is 13.1. The SMILES string of the molecule is CC(C)C(=O)C[C@H](c1ccccc1)[Si](C)(C)c1ccccc1. The zero-order chi connectivity index (χ0) is 16.2. The first-order chi connectivity index (χ1) is 10.4. The van der Waals surface area contributed by atoms with Gasteiger partial charge < -0.3 is 0 Å². The molecule has 0 heterocycles. The third-order valence-electron chi connectivity index (χ3n) is 4.64. The lowest BCUT2D eigenvalue weighted by Gasteiger charge is -2.33. The quantitative estimate of drug-likeness (QED) is 0.716. The lowest BCUT2D eigenvalue weighted by molar-refractivity contribution is -0.121. The van der Waals surface area contributed by atoms with Gasteiger partial charge in [-0.15, -0.1) is 0 Å². The molecule has 1 atom stereocenters. The van der Waals surface area contributed by atoms with Crippen LogP contribution >= 0.6 is 0 Å². The average molecular weight is 311 g/mol. The van der Waals surface area contributed by atoms with E-state index in [1.54, 1.807) is 0 Å². The van der Waals surface area contributed by atoms with E-state index < -0.39 is 8.07 Å². The lowest BCUT2D eigenvalue weighted by atomic mass is 10.0. The third-order valence-corrected chi connectivity index (χ3v) is 8.74. The molecule has 0 aliphatic heterocycles. The summed E-state index contributed by atoms with van der Waals surface area (Å²) in [6, 6.07) is 21.3. The standard InChI is InChI=1S/C20H26OSi/c1-16(2)19(21)15-20(17-11-7-5-8-12-17)22(3,4)18-13-9-6-10-14-18/h5-14,16,20H,15H2,1-4H3/t20-/m1/s1. The minimum absolute atomic E-state index is 0.104. The number of ketones is 1. The van der Waals surface area contributed by atoms with Crippen LogP contribution in [0.1, 0.15) is 31.4 Å². The maximum atomic E-state index is 12.4. The molecule has 0 saturated heterocycles. The van der Waals surface area contributed by atoms with Gasteiger partial charge in [0.2, 0.25) is 0 Å². The number of rotatable bonds is 6. The molecule has 0 amide bonds. The highest BCUT2D eigenvalue weighted by Gasteiger charge is 2.36. The smallest absolute Gasteiger partial charge is 0.135 e. The first-order valence-electron chi connectivity index (χ1n) is 8.06. The summed E-state index contributed by atoms with van der Waals surface area (Å²) in [5, 5.41) is 1.42. The molecule has 0 unspecified atom stereocenters. The van der Waals surface area contributed by atoms with Crippen molar-refractivity contribution in [3.8, 4) is 0 Å². The number of hydrogen-bond acceptors (Lipinski definition) is 1. The van der Waals surface area contributed by atoms with Gasteiger partial charge in [-0.3, -0.25) is 4.79 Å². The van der Waals surface area contributed by atoms with Crippen LogP contribution in [0.4, 0.5) is 0 Å². The summed E-state index contributed by atoms with van der Waals surface area (Å²) < 4.78 is 0. The number of hydrogen-bond donors (Lipinski definition) is 0. The summed E-state index contributed by atoms with van der Waals surface area (Å²) in [4.78, 5) is 12.4. The summed E-state index contributed by atoms with van der Waals surface area (Å²) in [7, 11) is -1.78. The highest BCUT2D eigenvalue weighted by molar-refractivity contribution is 6.91. The largest absolute Gasteiger partial charge is 0.299 e. The van der Waals surface area contributed by atoms with E-state index in [-0.39, 0.29) is 5.92 Å². The summed E-state index contributed by atoms with van der Waals surface area (Å²) in [5.74, 6) is 0.470. The molecule has 2 aromatic rings. The van der Waals surface area contributed by atoms with E-state index in [2.05, 4.69) is 67.7 Å². The number of carbonyl (C=O) groups excluding carboxylic acids is 1. The van der Waals surface area contributed by atoms with E-state index in [0.29, 0.717) is 17.7 Å². The topological polar surface area (TPSA) is 17.1 Å². The maximum absolute atomic E-state index is 12.4. The van der Waals surface area contributed by atoms with Crippen LogP contribution in [0.25, 0.3) is 0 Å². The van der Waals surface area contributed by atoms with E-state index in [1.807, 2.05) is 19.9 Å². The first-order valence-corrected chi connectivity index (χ1v) is 11.1. The fraction of sp³-hybridized carbons (Fsp3) is 0.350. The third kappa shape index (κ3) is 3.75. The molecular weight excluding hydrogens is 284 g/mol. The Bertz CT molecular complexity index is 602. The minimum atomic E-state index is -1.78. The van der Waals surface area contributed by atoms with Gasteiger partial charge in [0, 0.05) is 12.3 Å². The van der Waals surface area contributed by atoms with Crippen molar-refractivity contribution in [2.45, 2.75) is 38.9 Å². The molecule has 0 bridgehead atoms. The molecule has 0 aromatic heterocycles. The zero-order valence-corrected chi connectivity index (χ0v) is 15.0. The summed E-state index contributed by atoms with van der Waals surface area (Å²) >= 11 is 0. The second-order valence-electron chi connectivity index (χ2n) is 6.88. The summed E-state index contributed by atoms with van der Waals surface area (Å²) in [5.41, 5.74) is 1.63. The molecule has 0 radical (unpaired) electrons. The van der Waals surface area contributed by atoms with Crippen LogP contribution in [0.5, 0.6) is 0 Å². The zero-order valence-electron chi connectivity index (χ0n) is 14.0.